The van der Waals surface area contributed by atoms with E-state index >= 15 is 0 Å². The molecule has 1 atom stereocenters. The molecule has 0 spiro atoms. The fraction of sp³-hybridized carbons (Fsp3) is 0.467. The third-order valence-electron chi connectivity index (χ3n) is 2.94. The zero-order valence-electron chi connectivity index (χ0n) is 11.0. The van der Waals surface area contributed by atoms with E-state index in [1.54, 1.807) is 7.11 Å². The maximum atomic E-state index is 5.84. The van der Waals surface area contributed by atoms with Crippen molar-refractivity contribution in [1.82, 2.24) is 0 Å². The topological polar surface area (TPSA) is 27.7 Å². The van der Waals surface area contributed by atoms with E-state index in [0.29, 0.717) is 0 Å². The molecule has 0 radical (unpaired) electrons. The molecule has 0 aromatic heterocycles. The Kier molecular flexibility index (Phi) is 4.65. The van der Waals surface area contributed by atoms with Gasteiger partial charge in [0.05, 0.1) is 13.7 Å². The molecule has 98 valence electrons. The molecule has 3 nitrogen and oxygen atoms in total. The highest BCUT2D eigenvalue weighted by atomic mass is 16.7. The summed E-state index contributed by atoms with van der Waals surface area (Å²) in [7, 11) is 1.66. The Hall–Kier alpha value is -1.48. The van der Waals surface area contributed by atoms with Gasteiger partial charge in [0, 0.05) is 6.42 Å². The van der Waals surface area contributed by atoms with Gasteiger partial charge < -0.3 is 14.2 Å². The predicted octanol–water partition coefficient (Wildman–Crippen LogP) is 3.63. The molecule has 0 bridgehead atoms. The van der Waals surface area contributed by atoms with E-state index in [1.807, 2.05) is 37.3 Å². The van der Waals surface area contributed by atoms with Crippen molar-refractivity contribution in [2.75, 3.05) is 13.7 Å². The molecule has 1 aromatic rings. The van der Waals surface area contributed by atoms with Crippen LogP contribution in [0.5, 0.6) is 11.5 Å². The highest BCUT2D eigenvalue weighted by molar-refractivity contribution is 5.55. The van der Waals surface area contributed by atoms with Crippen LogP contribution >= 0.6 is 0 Å². The molecular weight excluding hydrogens is 228 g/mol. The van der Waals surface area contributed by atoms with Crippen LogP contribution in [0.25, 0.3) is 6.08 Å². The van der Waals surface area contributed by atoms with Crippen molar-refractivity contribution in [2.45, 2.75) is 32.5 Å². The van der Waals surface area contributed by atoms with E-state index in [9.17, 15) is 0 Å². The smallest absolute Gasteiger partial charge is 0.200 e. The lowest BCUT2D eigenvalue weighted by Crippen LogP contribution is -2.25. The largest absolute Gasteiger partial charge is 0.493 e. The van der Waals surface area contributed by atoms with Crippen molar-refractivity contribution in [3.8, 4) is 11.5 Å². The van der Waals surface area contributed by atoms with Gasteiger partial charge in [0.1, 0.15) is 0 Å². The molecule has 1 saturated heterocycles. The number of allylic oxidation sites excluding steroid dienone is 1. The molecule has 1 unspecified atom stereocenters. The second-order valence-electron chi connectivity index (χ2n) is 4.32. The predicted molar refractivity (Wildman–Crippen MR) is 71.9 cm³/mol. The lowest BCUT2D eigenvalue weighted by molar-refractivity contribution is -0.106. The SMILES string of the molecule is C/C=C/c1ccc(OC2CCCCO2)c(OC)c1. The summed E-state index contributed by atoms with van der Waals surface area (Å²) in [5, 5.41) is 0. The number of rotatable bonds is 4. The van der Waals surface area contributed by atoms with Crippen LogP contribution in [-0.2, 0) is 4.74 Å². The van der Waals surface area contributed by atoms with Crippen LogP contribution in [-0.4, -0.2) is 20.0 Å². The molecular formula is C15H20O3. The fourth-order valence-corrected chi connectivity index (χ4v) is 2.02. The second-order valence-corrected chi connectivity index (χ2v) is 4.32. The monoisotopic (exact) mass is 248 g/mol. The van der Waals surface area contributed by atoms with Gasteiger partial charge in [0.25, 0.3) is 0 Å². The number of benzene rings is 1. The summed E-state index contributed by atoms with van der Waals surface area (Å²) in [5.74, 6) is 1.50. The zero-order valence-corrected chi connectivity index (χ0v) is 11.0. The lowest BCUT2D eigenvalue weighted by Gasteiger charge is -2.24. The van der Waals surface area contributed by atoms with Crippen molar-refractivity contribution in [3.05, 3.63) is 29.8 Å². The van der Waals surface area contributed by atoms with Gasteiger partial charge >= 0.3 is 0 Å². The van der Waals surface area contributed by atoms with E-state index in [1.165, 1.54) is 0 Å². The molecule has 1 aliphatic rings. The van der Waals surface area contributed by atoms with Gasteiger partial charge in [0.15, 0.2) is 17.8 Å². The second kappa shape index (κ2) is 6.45. The molecule has 1 aromatic carbocycles. The maximum absolute atomic E-state index is 5.84. The summed E-state index contributed by atoms with van der Waals surface area (Å²) in [6.45, 7) is 2.77. The summed E-state index contributed by atoms with van der Waals surface area (Å²) < 4.78 is 16.8. The van der Waals surface area contributed by atoms with Crippen LogP contribution in [0, 0.1) is 0 Å². The number of methoxy groups -OCH3 is 1. The van der Waals surface area contributed by atoms with Crippen molar-refractivity contribution in [2.24, 2.45) is 0 Å². The molecule has 18 heavy (non-hydrogen) atoms. The molecule has 0 amide bonds. The van der Waals surface area contributed by atoms with Crippen molar-refractivity contribution >= 4 is 6.08 Å². The van der Waals surface area contributed by atoms with E-state index in [0.717, 1.165) is 42.9 Å². The van der Waals surface area contributed by atoms with Crippen LogP contribution in [0.3, 0.4) is 0 Å². The Balaban J connectivity index is 2.11. The van der Waals surface area contributed by atoms with Gasteiger partial charge in [-0.2, -0.15) is 0 Å². The highest BCUT2D eigenvalue weighted by Gasteiger charge is 2.17. The molecule has 3 heteroatoms. The first kappa shape index (κ1) is 13.0. The molecule has 0 aliphatic carbocycles. The van der Waals surface area contributed by atoms with E-state index in [4.69, 9.17) is 14.2 Å². The Labute approximate surface area is 108 Å². The summed E-state index contributed by atoms with van der Waals surface area (Å²) >= 11 is 0. The molecule has 1 heterocycles. The summed E-state index contributed by atoms with van der Waals surface area (Å²) in [6, 6.07) is 5.92. The van der Waals surface area contributed by atoms with Crippen LogP contribution < -0.4 is 9.47 Å². The van der Waals surface area contributed by atoms with Gasteiger partial charge in [-0.1, -0.05) is 18.2 Å². The van der Waals surface area contributed by atoms with E-state index in [-0.39, 0.29) is 6.29 Å². The quantitative estimate of drug-likeness (QED) is 0.814. The average molecular weight is 248 g/mol. The fourth-order valence-electron chi connectivity index (χ4n) is 2.02. The molecule has 0 N–H and O–H groups in total. The Morgan fingerprint density at radius 1 is 1.28 bits per heavy atom. The van der Waals surface area contributed by atoms with Gasteiger partial charge in [0.2, 0.25) is 0 Å². The minimum Gasteiger partial charge on any atom is -0.493 e. The van der Waals surface area contributed by atoms with Gasteiger partial charge in [-0.3, -0.25) is 0 Å². The third-order valence-corrected chi connectivity index (χ3v) is 2.94. The first-order chi connectivity index (χ1) is 8.83. The first-order valence-electron chi connectivity index (χ1n) is 6.42. The zero-order chi connectivity index (χ0) is 12.8. The Morgan fingerprint density at radius 3 is 2.83 bits per heavy atom. The van der Waals surface area contributed by atoms with Crippen LogP contribution in [0.4, 0.5) is 0 Å². The standard InChI is InChI=1S/C15H20O3/c1-3-6-12-8-9-13(14(11-12)16-2)18-15-7-4-5-10-17-15/h3,6,8-9,11,15H,4-5,7,10H2,1-2H3/b6-3+. The molecule has 1 aliphatic heterocycles. The van der Waals surface area contributed by atoms with Crippen molar-refractivity contribution in [3.63, 3.8) is 0 Å². The van der Waals surface area contributed by atoms with Crippen LogP contribution in [0.2, 0.25) is 0 Å². The van der Waals surface area contributed by atoms with Crippen molar-refractivity contribution in [1.29, 1.82) is 0 Å². The van der Waals surface area contributed by atoms with E-state index < -0.39 is 0 Å². The third kappa shape index (κ3) is 3.26. The normalized spacial score (nSPS) is 20.0. The Morgan fingerprint density at radius 2 is 2.17 bits per heavy atom. The van der Waals surface area contributed by atoms with E-state index in [2.05, 4.69) is 0 Å². The van der Waals surface area contributed by atoms with Crippen molar-refractivity contribution < 1.29 is 14.2 Å². The van der Waals surface area contributed by atoms with Gasteiger partial charge in [-0.05, 0) is 37.5 Å². The Bertz CT molecular complexity index is 406. The first-order valence-corrected chi connectivity index (χ1v) is 6.42. The number of ether oxygens (including phenoxy) is 3. The van der Waals surface area contributed by atoms with Crippen LogP contribution in [0.1, 0.15) is 31.7 Å². The molecule has 2 rings (SSSR count). The lowest BCUT2D eigenvalue weighted by atomic mass is 10.2. The minimum absolute atomic E-state index is 0.139. The summed E-state index contributed by atoms with van der Waals surface area (Å²) in [6.07, 6.45) is 7.11. The van der Waals surface area contributed by atoms with Crippen LogP contribution in [0.15, 0.2) is 24.3 Å². The van der Waals surface area contributed by atoms with Gasteiger partial charge in [-0.15, -0.1) is 0 Å². The van der Waals surface area contributed by atoms with Gasteiger partial charge in [-0.25, -0.2) is 0 Å². The average Bonchev–Trinajstić information content (AvgIpc) is 2.42. The maximum Gasteiger partial charge on any atom is 0.200 e. The number of hydrogen-bond acceptors (Lipinski definition) is 3. The minimum atomic E-state index is -0.139. The summed E-state index contributed by atoms with van der Waals surface area (Å²) in [5.41, 5.74) is 1.10. The molecule has 1 fully saturated rings. The molecule has 0 saturated carbocycles. The highest BCUT2D eigenvalue weighted by Crippen LogP contribution is 2.31. The summed E-state index contributed by atoms with van der Waals surface area (Å²) in [4.78, 5) is 0. The number of hydrogen-bond donors (Lipinski definition) is 0.